The van der Waals surface area contributed by atoms with Gasteiger partial charge in [-0.2, -0.15) is 0 Å². The van der Waals surface area contributed by atoms with E-state index >= 15 is 0 Å². The van der Waals surface area contributed by atoms with Crippen molar-refractivity contribution in [2.75, 3.05) is 18.5 Å². The van der Waals surface area contributed by atoms with Crippen LogP contribution in [0.15, 0.2) is 77.1 Å². The van der Waals surface area contributed by atoms with Crippen LogP contribution in [0, 0.1) is 0 Å². The second kappa shape index (κ2) is 9.50. The van der Waals surface area contributed by atoms with Gasteiger partial charge in [-0.05, 0) is 37.6 Å². The molecule has 0 amide bonds. The van der Waals surface area contributed by atoms with Gasteiger partial charge < -0.3 is 20.5 Å². The summed E-state index contributed by atoms with van der Waals surface area (Å²) in [7, 11) is 0. The van der Waals surface area contributed by atoms with Crippen molar-refractivity contribution in [3.63, 3.8) is 0 Å². The summed E-state index contributed by atoms with van der Waals surface area (Å²) < 4.78 is 5.47. The maximum Gasteiger partial charge on any atom is 0.336 e. The third-order valence-corrected chi connectivity index (χ3v) is 5.21. The van der Waals surface area contributed by atoms with Crippen LogP contribution < -0.4 is 10.6 Å². The van der Waals surface area contributed by atoms with Crippen LogP contribution >= 0.6 is 11.6 Å². The molecule has 1 aliphatic rings. The van der Waals surface area contributed by atoms with E-state index in [4.69, 9.17) is 16.3 Å². The van der Waals surface area contributed by atoms with Gasteiger partial charge in [-0.3, -0.25) is 0 Å². The van der Waals surface area contributed by atoms with Crippen molar-refractivity contribution >= 4 is 29.2 Å². The first-order chi connectivity index (χ1) is 14.4. The van der Waals surface area contributed by atoms with E-state index in [-0.39, 0.29) is 17.8 Å². The second-order valence-corrected chi connectivity index (χ2v) is 7.30. The molecule has 0 spiro atoms. The number of aliphatic carboxylic acids is 1. The molecule has 6 nitrogen and oxygen atoms in total. The predicted octanol–water partition coefficient (Wildman–Crippen LogP) is 4.31. The van der Waals surface area contributed by atoms with Gasteiger partial charge in [0, 0.05) is 28.6 Å². The number of halogens is 1. The molecule has 0 saturated carbocycles. The van der Waals surface area contributed by atoms with Crippen LogP contribution in [0.5, 0.6) is 0 Å². The molecule has 2 aromatic rings. The van der Waals surface area contributed by atoms with E-state index in [1.807, 2.05) is 30.3 Å². The van der Waals surface area contributed by atoms with Crippen molar-refractivity contribution in [1.82, 2.24) is 5.32 Å². The molecular weight excluding hydrogens is 404 g/mol. The molecule has 2 aromatic carbocycles. The average molecular weight is 427 g/mol. The number of carbonyl (C=O) groups is 2. The highest BCUT2D eigenvalue weighted by molar-refractivity contribution is 6.31. The fourth-order valence-corrected chi connectivity index (χ4v) is 3.79. The average Bonchev–Trinajstić information content (AvgIpc) is 2.71. The van der Waals surface area contributed by atoms with Crippen molar-refractivity contribution in [3.8, 4) is 0 Å². The number of carboxylic acid groups (broad SMARTS) is 1. The van der Waals surface area contributed by atoms with E-state index in [0.29, 0.717) is 28.5 Å². The lowest BCUT2D eigenvalue weighted by molar-refractivity contribution is -0.139. The zero-order valence-electron chi connectivity index (χ0n) is 16.7. The fraction of sp³-hybridized carbons (Fsp3) is 0.217. The molecule has 1 aliphatic heterocycles. The molecular formula is C23H23ClN2O4. The number of carbonyl (C=O) groups excluding carboxylic acids is 1. The number of hydrogen-bond donors (Lipinski definition) is 3. The number of ether oxygens (including phenoxy) is 1. The molecule has 3 rings (SSSR count). The third kappa shape index (κ3) is 4.66. The third-order valence-electron chi connectivity index (χ3n) is 4.87. The summed E-state index contributed by atoms with van der Waals surface area (Å²) in [6.07, 6.45) is 0. The molecule has 1 unspecified atom stereocenters. The van der Waals surface area contributed by atoms with E-state index in [9.17, 15) is 14.7 Å². The number of para-hydroxylation sites is 1. The number of benzene rings is 2. The van der Waals surface area contributed by atoms with Crippen LogP contribution in [0.4, 0.5) is 5.69 Å². The van der Waals surface area contributed by atoms with Gasteiger partial charge in [0.2, 0.25) is 0 Å². The van der Waals surface area contributed by atoms with Crippen molar-refractivity contribution < 1.29 is 19.4 Å². The maximum absolute atomic E-state index is 13.0. The standard InChI is InChI=1S/C23H23ClN2O4/c1-14-19(22(27)28)21(17-10-6-7-11-18(17)24)20(15(2)26-14)23(29)30-13-12-25-16-8-4-3-5-9-16/h3-11,21,25-26H,12-13H2,1-2H3,(H,27,28). The fourth-order valence-electron chi connectivity index (χ4n) is 3.54. The second-order valence-electron chi connectivity index (χ2n) is 6.89. The predicted molar refractivity (Wildman–Crippen MR) is 116 cm³/mol. The van der Waals surface area contributed by atoms with Crippen LogP contribution in [0.2, 0.25) is 5.02 Å². The minimum absolute atomic E-state index is 0.0723. The summed E-state index contributed by atoms with van der Waals surface area (Å²) >= 11 is 6.37. The molecule has 7 heteroatoms. The van der Waals surface area contributed by atoms with Crippen LogP contribution in [0.25, 0.3) is 0 Å². The minimum Gasteiger partial charge on any atom is -0.478 e. The Kier molecular flexibility index (Phi) is 6.79. The number of esters is 1. The van der Waals surface area contributed by atoms with Gasteiger partial charge in [0.1, 0.15) is 6.61 Å². The van der Waals surface area contributed by atoms with Crippen molar-refractivity contribution in [2.45, 2.75) is 19.8 Å². The van der Waals surface area contributed by atoms with Crippen LogP contribution in [0.1, 0.15) is 25.3 Å². The van der Waals surface area contributed by atoms with Gasteiger partial charge >= 0.3 is 11.9 Å². The Bertz CT molecular complexity index is 1010. The monoisotopic (exact) mass is 426 g/mol. The van der Waals surface area contributed by atoms with Gasteiger partial charge in [0.15, 0.2) is 0 Å². The zero-order valence-corrected chi connectivity index (χ0v) is 17.5. The molecule has 30 heavy (non-hydrogen) atoms. The molecule has 156 valence electrons. The first kappa shape index (κ1) is 21.5. The molecule has 0 bridgehead atoms. The summed E-state index contributed by atoms with van der Waals surface area (Å²) in [4.78, 5) is 25.0. The summed E-state index contributed by atoms with van der Waals surface area (Å²) in [6.45, 7) is 3.95. The Morgan fingerprint density at radius 2 is 1.67 bits per heavy atom. The Morgan fingerprint density at radius 1 is 1.03 bits per heavy atom. The maximum atomic E-state index is 13.0. The molecule has 0 aliphatic carbocycles. The number of anilines is 1. The number of nitrogens with one attached hydrogen (secondary N) is 2. The summed E-state index contributed by atoms with van der Waals surface area (Å²) in [5, 5.41) is 16.4. The number of rotatable bonds is 7. The van der Waals surface area contributed by atoms with E-state index in [1.165, 1.54) is 0 Å². The van der Waals surface area contributed by atoms with E-state index in [0.717, 1.165) is 5.69 Å². The largest absolute Gasteiger partial charge is 0.478 e. The Labute approximate surface area is 180 Å². The van der Waals surface area contributed by atoms with Gasteiger partial charge in [-0.25, -0.2) is 9.59 Å². The van der Waals surface area contributed by atoms with Crippen molar-refractivity contribution in [1.29, 1.82) is 0 Å². The normalized spacial score (nSPS) is 16.2. The highest BCUT2D eigenvalue weighted by atomic mass is 35.5. The zero-order chi connectivity index (χ0) is 21.7. The molecule has 3 N–H and O–H groups in total. The molecule has 0 radical (unpaired) electrons. The van der Waals surface area contributed by atoms with Gasteiger partial charge in [-0.15, -0.1) is 0 Å². The number of dihydropyridines is 1. The van der Waals surface area contributed by atoms with E-state index < -0.39 is 17.9 Å². The SMILES string of the molecule is CC1=C(C(=O)O)C(c2ccccc2Cl)C(C(=O)OCCNc2ccccc2)=C(C)N1. The lowest BCUT2D eigenvalue weighted by Crippen LogP contribution is -2.32. The first-order valence-electron chi connectivity index (χ1n) is 9.52. The molecule has 0 aromatic heterocycles. The topological polar surface area (TPSA) is 87.7 Å². The molecule has 0 saturated heterocycles. The molecule has 1 heterocycles. The van der Waals surface area contributed by atoms with Crippen LogP contribution in [-0.4, -0.2) is 30.2 Å². The first-order valence-corrected chi connectivity index (χ1v) is 9.90. The Morgan fingerprint density at radius 3 is 2.33 bits per heavy atom. The number of allylic oxidation sites excluding steroid dienone is 2. The summed E-state index contributed by atoms with van der Waals surface area (Å²) in [5.41, 5.74) is 2.79. The smallest absolute Gasteiger partial charge is 0.336 e. The van der Waals surface area contributed by atoms with E-state index in [2.05, 4.69) is 10.6 Å². The van der Waals surface area contributed by atoms with Crippen molar-refractivity contribution in [3.05, 3.63) is 87.7 Å². The van der Waals surface area contributed by atoms with Gasteiger partial charge in [0.25, 0.3) is 0 Å². The molecule has 1 atom stereocenters. The highest BCUT2D eigenvalue weighted by Gasteiger charge is 2.38. The molecule has 0 fully saturated rings. The van der Waals surface area contributed by atoms with Crippen LogP contribution in [0.3, 0.4) is 0 Å². The lowest BCUT2D eigenvalue weighted by Gasteiger charge is -2.30. The Balaban J connectivity index is 1.83. The Hall–Kier alpha value is -3.25. The lowest BCUT2D eigenvalue weighted by atomic mass is 9.80. The summed E-state index contributed by atoms with van der Waals surface area (Å²) in [6, 6.07) is 16.5. The van der Waals surface area contributed by atoms with E-state index in [1.54, 1.807) is 38.1 Å². The quantitative estimate of drug-likeness (QED) is 0.451. The minimum atomic E-state index is -1.12. The van der Waals surface area contributed by atoms with Crippen LogP contribution in [-0.2, 0) is 14.3 Å². The number of carboxylic acids is 1. The highest BCUT2D eigenvalue weighted by Crippen LogP contribution is 2.41. The van der Waals surface area contributed by atoms with Gasteiger partial charge in [-0.1, -0.05) is 48.0 Å². The van der Waals surface area contributed by atoms with Gasteiger partial charge in [0.05, 0.1) is 17.1 Å². The summed E-state index contributed by atoms with van der Waals surface area (Å²) in [5.74, 6) is -2.52. The van der Waals surface area contributed by atoms with Crippen molar-refractivity contribution in [2.24, 2.45) is 0 Å². The number of hydrogen-bond acceptors (Lipinski definition) is 5.